The molecule has 1 fully saturated rings. The smallest absolute Gasteiger partial charge is 0.226 e. The third-order valence-electron chi connectivity index (χ3n) is 2.99. The molecule has 96 valence electrons. The van der Waals surface area contributed by atoms with E-state index < -0.39 is 0 Å². The summed E-state index contributed by atoms with van der Waals surface area (Å²) in [5.41, 5.74) is 5.73. The Labute approximate surface area is 102 Å². The molecule has 2 N–H and O–H groups in total. The third kappa shape index (κ3) is 3.78. The van der Waals surface area contributed by atoms with Gasteiger partial charge in [0.2, 0.25) is 5.89 Å². The monoisotopic (exact) mass is 239 g/mol. The van der Waals surface area contributed by atoms with Crippen molar-refractivity contribution in [2.45, 2.75) is 51.0 Å². The summed E-state index contributed by atoms with van der Waals surface area (Å²) in [6.07, 6.45) is 3.74. The second-order valence-corrected chi connectivity index (χ2v) is 5.45. The van der Waals surface area contributed by atoms with Crippen LogP contribution >= 0.6 is 0 Å². The second kappa shape index (κ2) is 5.14. The molecule has 5 heteroatoms. The van der Waals surface area contributed by atoms with Crippen LogP contribution < -0.4 is 5.73 Å². The molecule has 1 saturated heterocycles. The summed E-state index contributed by atoms with van der Waals surface area (Å²) in [4.78, 5) is 4.42. The first-order chi connectivity index (χ1) is 8.04. The molecule has 1 atom stereocenters. The van der Waals surface area contributed by atoms with Gasteiger partial charge in [0.25, 0.3) is 0 Å². The lowest BCUT2D eigenvalue weighted by Gasteiger charge is -2.18. The van der Waals surface area contributed by atoms with Crippen molar-refractivity contribution in [1.82, 2.24) is 10.1 Å². The molecule has 2 rings (SSSR count). The number of rotatable bonds is 4. The maximum Gasteiger partial charge on any atom is 0.226 e. The van der Waals surface area contributed by atoms with Crippen molar-refractivity contribution in [3.8, 4) is 0 Å². The van der Waals surface area contributed by atoms with E-state index in [0.29, 0.717) is 18.4 Å². The van der Waals surface area contributed by atoms with Gasteiger partial charge in [-0.25, -0.2) is 0 Å². The molecule has 0 bridgehead atoms. The zero-order valence-corrected chi connectivity index (χ0v) is 10.6. The third-order valence-corrected chi connectivity index (χ3v) is 2.99. The summed E-state index contributed by atoms with van der Waals surface area (Å²) in [6, 6.07) is 0. The quantitative estimate of drug-likeness (QED) is 0.864. The van der Waals surface area contributed by atoms with Crippen LogP contribution in [0.5, 0.6) is 0 Å². The second-order valence-electron chi connectivity index (χ2n) is 5.45. The first-order valence-corrected chi connectivity index (χ1v) is 6.24. The maximum atomic E-state index is 5.92. The van der Waals surface area contributed by atoms with Gasteiger partial charge >= 0.3 is 0 Å². The lowest BCUT2D eigenvalue weighted by Crippen LogP contribution is -2.32. The molecule has 0 radical (unpaired) electrons. The maximum absolute atomic E-state index is 5.92. The molecule has 5 nitrogen and oxygen atoms in total. The van der Waals surface area contributed by atoms with Crippen molar-refractivity contribution in [3.63, 3.8) is 0 Å². The van der Waals surface area contributed by atoms with Crippen LogP contribution in [0, 0.1) is 0 Å². The van der Waals surface area contributed by atoms with E-state index in [4.69, 9.17) is 15.0 Å². The molecule has 0 saturated carbocycles. The molecule has 1 aromatic heterocycles. The fraction of sp³-hybridized carbons (Fsp3) is 0.833. The largest absolute Gasteiger partial charge is 0.381 e. The van der Waals surface area contributed by atoms with E-state index in [9.17, 15) is 0 Å². The first kappa shape index (κ1) is 12.5. The lowest BCUT2D eigenvalue weighted by atomic mass is 10.00. The Morgan fingerprint density at radius 1 is 1.47 bits per heavy atom. The van der Waals surface area contributed by atoms with Crippen LogP contribution in [0.2, 0.25) is 0 Å². The van der Waals surface area contributed by atoms with Gasteiger partial charge in [0.05, 0.1) is 6.61 Å². The Morgan fingerprint density at radius 2 is 2.29 bits per heavy atom. The van der Waals surface area contributed by atoms with Crippen LogP contribution in [-0.4, -0.2) is 28.9 Å². The summed E-state index contributed by atoms with van der Waals surface area (Å²) < 4.78 is 10.7. The standard InChI is InChI=1S/C12H21N3O2/c1-12(2,13)6-5-10-14-11(15-17-10)9-4-3-7-16-8-9/h9H,3-8,13H2,1-2H3. The van der Waals surface area contributed by atoms with Gasteiger partial charge in [0.15, 0.2) is 5.82 Å². The SMILES string of the molecule is CC(C)(N)CCc1nc(C2CCCOC2)no1. The molecular weight excluding hydrogens is 218 g/mol. The van der Waals surface area contributed by atoms with Gasteiger partial charge in [-0.1, -0.05) is 5.16 Å². The van der Waals surface area contributed by atoms with Crippen LogP contribution in [0.25, 0.3) is 0 Å². The van der Waals surface area contributed by atoms with Crippen molar-refractivity contribution in [3.05, 3.63) is 11.7 Å². The van der Waals surface area contributed by atoms with E-state index in [0.717, 1.165) is 38.1 Å². The summed E-state index contributed by atoms with van der Waals surface area (Å²) in [6.45, 7) is 5.56. The Morgan fingerprint density at radius 3 is 2.94 bits per heavy atom. The average molecular weight is 239 g/mol. The molecule has 1 aromatic rings. The number of hydrogen-bond acceptors (Lipinski definition) is 5. The first-order valence-electron chi connectivity index (χ1n) is 6.24. The molecule has 0 aromatic carbocycles. The van der Waals surface area contributed by atoms with Crippen molar-refractivity contribution < 1.29 is 9.26 Å². The number of aryl methyl sites for hydroxylation is 1. The fourth-order valence-electron chi connectivity index (χ4n) is 1.91. The highest BCUT2D eigenvalue weighted by Crippen LogP contribution is 2.23. The normalized spacial score (nSPS) is 21.7. The lowest BCUT2D eigenvalue weighted by molar-refractivity contribution is 0.0773. The molecule has 0 spiro atoms. The highest BCUT2D eigenvalue weighted by atomic mass is 16.5. The van der Waals surface area contributed by atoms with E-state index in [1.54, 1.807) is 0 Å². The van der Waals surface area contributed by atoms with Gasteiger partial charge in [-0.15, -0.1) is 0 Å². The molecule has 0 aliphatic carbocycles. The molecular formula is C12H21N3O2. The Hall–Kier alpha value is -0.940. The van der Waals surface area contributed by atoms with E-state index in [-0.39, 0.29) is 5.54 Å². The molecule has 1 aliphatic heterocycles. The van der Waals surface area contributed by atoms with Gasteiger partial charge in [-0.2, -0.15) is 4.98 Å². The van der Waals surface area contributed by atoms with Gasteiger partial charge < -0.3 is 15.0 Å². The molecule has 1 unspecified atom stereocenters. The van der Waals surface area contributed by atoms with Gasteiger partial charge in [0.1, 0.15) is 0 Å². The van der Waals surface area contributed by atoms with Crippen molar-refractivity contribution in [1.29, 1.82) is 0 Å². The summed E-state index contributed by atoms with van der Waals surface area (Å²) in [5, 5.41) is 4.03. The topological polar surface area (TPSA) is 74.2 Å². The van der Waals surface area contributed by atoms with Crippen molar-refractivity contribution in [2.75, 3.05) is 13.2 Å². The number of ether oxygens (including phenoxy) is 1. The molecule has 2 heterocycles. The van der Waals surface area contributed by atoms with Gasteiger partial charge in [-0.05, 0) is 33.1 Å². The highest BCUT2D eigenvalue weighted by Gasteiger charge is 2.22. The average Bonchev–Trinajstić information content (AvgIpc) is 2.75. The van der Waals surface area contributed by atoms with Gasteiger partial charge in [0, 0.05) is 24.5 Å². The minimum absolute atomic E-state index is 0.192. The van der Waals surface area contributed by atoms with Crippen LogP contribution in [0.3, 0.4) is 0 Å². The number of nitrogens with two attached hydrogens (primary N) is 1. The predicted octanol–water partition coefficient (Wildman–Crippen LogP) is 1.63. The van der Waals surface area contributed by atoms with Crippen LogP contribution in [0.1, 0.15) is 50.7 Å². The van der Waals surface area contributed by atoms with Crippen LogP contribution in [0.4, 0.5) is 0 Å². The van der Waals surface area contributed by atoms with Crippen LogP contribution in [0.15, 0.2) is 4.52 Å². The van der Waals surface area contributed by atoms with Gasteiger partial charge in [-0.3, -0.25) is 0 Å². The summed E-state index contributed by atoms with van der Waals surface area (Å²) in [5.74, 6) is 1.77. The Balaban J connectivity index is 1.91. The minimum Gasteiger partial charge on any atom is -0.381 e. The van der Waals surface area contributed by atoms with E-state index in [2.05, 4.69) is 10.1 Å². The van der Waals surface area contributed by atoms with Crippen molar-refractivity contribution >= 4 is 0 Å². The number of aromatic nitrogens is 2. The van der Waals surface area contributed by atoms with Crippen LogP contribution in [-0.2, 0) is 11.2 Å². The zero-order valence-electron chi connectivity index (χ0n) is 10.6. The highest BCUT2D eigenvalue weighted by molar-refractivity contribution is 4.97. The molecule has 1 aliphatic rings. The van der Waals surface area contributed by atoms with Crippen molar-refractivity contribution in [2.24, 2.45) is 5.73 Å². The van der Waals surface area contributed by atoms with E-state index in [1.807, 2.05) is 13.8 Å². The minimum atomic E-state index is -0.192. The predicted molar refractivity (Wildman–Crippen MR) is 63.7 cm³/mol. The van der Waals surface area contributed by atoms with E-state index >= 15 is 0 Å². The summed E-state index contributed by atoms with van der Waals surface area (Å²) >= 11 is 0. The summed E-state index contributed by atoms with van der Waals surface area (Å²) in [7, 11) is 0. The van der Waals surface area contributed by atoms with E-state index in [1.165, 1.54) is 0 Å². The fourth-order valence-corrected chi connectivity index (χ4v) is 1.91. The molecule has 17 heavy (non-hydrogen) atoms. The Kier molecular flexibility index (Phi) is 3.79. The number of nitrogens with zero attached hydrogens (tertiary/aromatic N) is 2. The Bertz CT molecular complexity index is 351. The zero-order chi connectivity index (χ0) is 12.3. The molecule has 0 amide bonds. The number of hydrogen-bond donors (Lipinski definition) is 1.